The third kappa shape index (κ3) is 8.54. The number of aliphatic carboxylic acids is 3. The van der Waals surface area contributed by atoms with Crippen molar-refractivity contribution in [2.75, 3.05) is 7.11 Å². The molecule has 0 amide bonds. The predicted octanol–water partition coefficient (Wildman–Crippen LogP) is 4.33. The van der Waals surface area contributed by atoms with Crippen LogP contribution in [0.2, 0.25) is 0 Å². The summed E-state index contributed by atoms with van der Waals surface area (Å²) in [6, 6.07) is 13.0. The molecule has 1 saturated carbocycles. The number of rotatable bonds is 13. The zero-order chi connectivity index (χ0) is 32.5. The predicted molar refractivity (Wildman–Crippen MR) is 154 cm³/mol. The van der Waals surface area contributed by atoms with E-state index in [2.05, 4.69) is 10.5 Å². The fraction of sp³-hybridized carbons (Fsp3) is 0.419. The van der Waals surface area contributed by atoms with Crippen molar-refractivity contribution in [1.82, 2.24) is 10.5 Å². The molecular formula is C31H37FN2O10. The summed E-state index contributed by atoms with van der Waals surface area (Å²) in [5.41, 5.74) is 0.533. The Morgan fingerprint density at radius 2 is 1.66 bits per heavy atom. The zero-order valence-corrected chi connectivity index (χ0v) is 24.8. The lowest BCUT2D eigenvalue weighted by molar-refractivity contribution is -0.170. The van der Waals surface area contributed by atoms with Gasteiger partial charge in [0.15, 0.2) is 17.1 Å². The molecule has 238 valence electrons. The van der Waals surface area contributed by atoms with Crippen LogP contribution in [0.4, 0.5) is 4.39 Å². The van der Waals surface area contributed by atoms with Crippen LogP contribution in [-0.4, -0.2) is 56.2 Å². The maximum absolute atomic E-state index is 14.6. The number of benzene rings is 2. The molecule has 12 nitrogen and oxygen atoms in total. The summed E-state index contributed by atoms with van der Waals surface area (Å²) in [4.78, 5) is 30.5. The highest BCUT2D eigenvalue weighted by Gasteiger charge is 2.41. The van der Waals surface area contributed by atoms with Crippen LogP contribution in [-0.2, 0) is 33.1 Å². The van der Waals surface area contributed by atoms with Gasteiger partial charge in [0.05, 0.1) is 31.2 Å². The number of carboxylic acid groups (broad SMARTS) is 3. The number of ether oxygens (including phenoxy) is 2. The number of halogens is 1. The van der Waals surface area contributed by atoms with Gasteiger partial charge in [0, 0.05) is 17.6 Å². The average molecular weight is 617 g/mol. The fourth-order valence-electron chi connectivity index (χ4n) is 5.15. The van der Waals surface area contributed by atoms with Gasteiger partial charge in [0.25, 0.3) is 0 Å². The Hall–Kier alpha value is -4.49. The number of nitrogens with one attached hydrogen (secondary N) is 1. The van der Waals surface area contributed by atoms with E-state index < -0.39 is 36.4 Å². The summed E-state index contributed by atoms with van der Waals surface area (Å²) in [5.74, 6) is -3.08. The quantitative estimate of drug-likeness (QED) is 0.183. The number of carbonyl (C=O) groups is 3. The molecule has 0 bridgehead atoms. The lowest BCUT2D eigenvalue weighted by Crippen LogP contribution is -2.42. The van der Waals surface area contributed by atoms with Crippen LogP contribution in [0, 0.1) is 19.7 Å². The van der Waals surface area contributed by atoms with Crippen LogP contribution in [0.25, 0.3) is 0 Å². The van der Waals surface area contributed by atoms with Crippen LogP contribution >= 0.6 is 0 Å². The monoisotopic (exact) mass is 616 g/mol. The molecule has 1 heterocycles. The Balaban J connectivity index is 0.000000345. The number of nitrogens with zero attached hydrogens (tertiary/aromatic N) is 1. The van der Waals surface area contributed by atoms with Gasteiger partial charge in [-0.1, -0.05) is 42.3 Å². The smallest absolute Gasteiger partial charge is 0.336 e. The first-order valence-corrected chi connectivity index (χ1v) is 13.9. The van der Waals surface area contributed by atoms with Crippen molar-refractivity contribution < 1.29 is 53.2 Å². The molecule has 0 unspecified atom stereocenters. The van der Waals surface area contributed by atoms with Gasteiger partial charge in [0.1, 0.15) is 18.2 Å². The van der Waals surface area contributed by atoms with Crippen molar-refractivity contribution >= 4 is 17.9 Å². The molecule has 1 fully saturated rings. The molecule has 5 N–H and O–H groups in total. The van der Waals surface area contributed by atoms with Gasteiger partial charge in [-0.25, -0.2) is 9.18 Å². The molecule has 3 aromatic rings. The molecule has 1 aliphatic carbocycles. The minimum absolute atomic E-state index is 0.141. The van der Waals surface area contributed by atoms with E-state index in [-0.39, 0.29) is 11.4 Å². The normalized spacial score (nSPS) is 13.9. The summed E-state index contributed by atoms with van der Waals surface area (Å²) in [5, 5.41) is 41.4. The summed E-state index contributed by atoms with van der Waals surface area (Å²) >= 11 is 0. The van der Waals surface area contributed by atoms with Gasteiger partial charge < -0.3 is 39.7 Å². The Morgan fingerprint density at radius 1 is 1.02 bits per heavy atom. The molecule has 1 aromatic heterocycles. The maximum Gasteiger partial charge on any atom is 0.336 e. The molecule has 4 rings (SSSR count). The highest BCUT2D eigenvalue weighted by Crippen LogP contribution is 2.40. The zero-order valence-electron chi connectivity index (χ0n) is 24.8. The molecule has 1 aliphatic rings. The fourth-order valence-corrected chi connectivity index (χ4v) is 5.15. The van der Waals surface area contributed by atoms with E-state index in [0.29, 0.717) is 24.7 Å². The maximum atomic E-state index is 14.6. The molecule has 13 heteroatoms. The second kappa shape index (κ2) is 14.8. The number of hydrogen-bond acceptors (Lipinski definition) is 9. The van der Waals surface area contributed by atoms with Crippen molar-refractivity contribution in [2.45, 2.75) is 76.7 Å². The first-order valence-electron chi connectivity index (χ1n) is 13.9. The minimum Gasteiger partial charge on any atom is -0.493 e. The second-order valence-electron chi connectivity index (χ2n) is 10.7. The van der Waals surface area contributed by atoms with Crippen molar-refractivity contribution in [1.29, 1.82) is 0 Å². The average Bonchev–Trinajstić information content (AvgIpc) is 3.57. The van der Waals surface area contributed by atoms with Gasteiger partial charge in [-0.15, -0.1) is 0 Å². The van der Waals surface area contributed by atoms with E-state index in [9.17, 15) is 18.8 Å². The van der Waals surface area contributed by atoms with Crippen LogP contribution in [0.15, 0.2) is 47.0 Å². The lowest BCUT2D eigenvalue weighted by atomic mass is 9.87. The van der Waals surface area contributed by atoms with E-state index in [4.69, 9.17) is 34.4 Å². The van der Waals surface area contributed by atoms with Gasteiger partial charge in [0.2, 0.25) is 0 Å². The summed E-state index contributed by atoms with van der Waals surface area (Å²) in [7, 11) is 1.63. The molecule has 0 saturated heterocycles. The second-order valence-corrected chi connectivity index (χ2v) is 10.7. The van der Waals surface area contributed by atoms with Gasteiger partial charge in [-0.05, 0) is 50.5 Å². The SMILES string of the molecule is COc1cc(CNC2(c3ccccc3F)CCCC2)ccc1OCc1c(C)noc1C.O=C(O)CC(O)(CC(=O)O)C(=O)O. The summed E-state index contributed by atoms with van der Waals surface area (Å²) in [6.07, 6.45) is 1.77. The largest absolute Gasteiger partial charge is 0.493 e. The Bertz CT molecular complexity index is 1430. The number of methoxy groups -OCH3 is 1. The van der Waals surface area contributed by atoms with E-state index in [1.165, 1.54) is 0 Å². The number of aryl methyl sites for hydroxylation is 2. The molecule has 44 heavy (non-hydrogen) atoms. The summed E-state index contributed by atoms with van der Waals surface area (Å²) < 4.78 is 31.3. The third-order valence-corrected chi connectivity index (χ3v) is 7.54. The van der Waals surface area contributed by atoms with E-state index in [1.807, 2.05) is 44.2 Å². The van der Waals surface area contributed by atoms with E-state index in [1.54, 1.807) is 19.2 Å². The van der Waals surface area contributed by atoms with Gasteiger partial charge in [-0.2, -0.15) is 0 Å². The molecule has 0 aliphatic heterocycles. The third-order valence-electron chi connectivity index (χ3n) is 7.54. The Morgan fingerprint density at radius 3 is 2.18 bits per heavy atom. The molecular weight excluding hydrogens is 579 g/mol. The highest BCUT2D eigenvalue weighted by atomic mass is 19.1. The highest BCUT2D eigenvalue weighted by molar-refractivity contribution is 5.88. The molecule has 0 radical (unpaired) electrons. The molecule has 2 aromatic carbocycles. The van der Waals surface area contributed by atoms with E-state index in [0.717, 1.165) is 53.8 Å². The van der Waals surface area contributed by atoms with Crippen LogP contribution in [0.1, 0.15) is 66.7 Å². The Kier molecular flexibility index (Phi) is 11.4. The van der Waals surface area contributed by atoms with Crippen LogP contribution in [0.5, 0.6) is 11.5 Å². The standard InChI is InChI=1S/C25H29FN2O3.C6H8O7/c1-17-20(18(2)31-28-17)16-30-23-11-10-19(14-24(23)29-3)15-27-25(12-6-7-13-25)21-8-4-5-9-22(21)26;7-3(8)1-6(13,5(11)12)2-4(9)10/h4-5,8-11,14,27H,6-7,12-13,15-16H2,1-3H3;13H,1-2H2,(H,7,8)(H,9,10)(H,11,12). The van der Waals surface area contributed by atoms with Gasteiger partial charge >= 0.3 is 17.9 Å². The van der Waals surface area contributed by atoms with Crippen molar-refractivity contribution in [2.24, 2.45) is 0 Å². The number of hydrogen-bond donors (Lipinski definition) is 5. The topological polar surface area (TPSA) is 189 Å². The Labute approximate surface area is 253 Å². The van der Waals surface area contributed by atoms with Crippen molar-refractivity contribution in [3.63, 3.8) is 0 Å². The molecule has 0 atom stereocenters. The van der Waals surface area contributed by atoms with Crippen molar-refractivity contribution in [3.8, 4) is 11.5 Å². The van der Waals surface area contributed by atoms with Crippen LogP contribution in [0.3, 0.4) is 0 Å². The number of aliphatic hydroxyl groups is 1. The lowest BCUT2D eigenvalue weighted by Gasteiger charge is -2.32. The first kappa shape index (κ1) is 34.0. The van der Waals surface area contributed by atoms with Gasteiger partial charge in [-0.3, -0.25) is 9.59 Å². The summed E-state index contributed by atoms with van der Waals surface area (Å²) in [6.45, 7) is 4.76. The van der Waals surface area contributed by atoms with Crippen LogP contribution < -0.4 is 14.8 Å². The molecule has 0 spiro atoms. The van der Waals surface area contributed by atoms with E-state index >= 15 is 0 Å². The number of aromatic nitrogens is 1. The van der Waals surface area contributed by atoms with Crippen molar-refractivity contribution in [3.05, 3.63) is 76.4 Å². The first-order chi connectivity index (χ1) is 20.8. The number of carboxylic acids is 3. The minimum atomic E-state index is -2.74.